The Bertz CT molecular complexity index is 714. The molecule has 0 radical (unpaired) electrons. The second-order valence-corrected chi connectivity index (χ2v) is 6.81. The zero-order chi connectivity index (χ0) is 14.0. The quantitative estimate of drug-likeness (QED) is 0.881. The van der Waals surface area contributed by atoms with E-state index < -0.39 is 9.84 Å². The largest absolute Gasteiger partial charge is 0.399 e. The van der Waals surface area contributed by atoms with Gasteiger partial charge in [-0.2, -0.15) is 0 Å². The summed E-state index contributed by atoms with van der Waals surface area (Å²) in [6, 6.07) is 11.1. The Morgan fingerprint density at radius 2 is 1.68 bits per heavy atom. The van der Waals surface area contributed by atoms with Crippen LogP contribution >= 0.6 is 23.2 Å². The third kappa shape index (κ3) is 3.21. The molecule has 0 aliphatic heterocycles. The van der Waals surface area contributed by atoms with Crippen LogP contribution in [0, 0.1) is 0 Å². The van der Waals surface area contributed by atoms with Crippen LogP contribution in [0.15, 0.2) is 47.4 Å². The van der Waals surface area contributed by atoms with Crippen LogP contribution in [-0.4, -0.2) is 8.42 Å². The minimum absolute atomic E-state index is 0.101. The molecule has 2 N–H and O–H groups in total. The molecule has 19 heavy (non-hydrogen) atoms. The van der Waals surface area contributed by atoms with Gasteiger partial charge in [0.05, 0.1) is 15.7 Å². The number of nitrogen functional groups attached to an aromatic ring is 1. The number of sulfone groups is 1. The fraction of sp³-hybridized carbons (Fsp3) is 0.0769. The van der Waals surface area contributed by atoms with Gasteiger partial charge in [-0.3, -0.25) is 0 Å². The Morgan fingerprint density at radius 1 is 1.00 bits per heavy atom. The maximum atomic E-state index is 12.3. The van der Waals surface area contributed by atoms with Crippen LogP contribution in [0.4, 0.5) is 5.69 Å². The van der Waals surface area contributed by atoms with Crippen LogP contribution < -0.4 is 5.73 Å². The fourth-order valence-corrected chi connectivity index (χ4v) is 3.95. The normalized spacial score (nSPS) is 11.5. The number of hydrogen-bond donors (Lipinski definition) is 1. The third-order valence-corrected chi connectivity index (χ3v) is 5.11. The van der Waals surface area contributed by atoms with Gasteiger partial charge in [-0.15, -0.1) is 0 Å². The minimum Gasteiger partial charge on any atom is -0.399 e. The van der Waals surface area contributed by atoms with Crippen LogP contribution in [0.2, 0.25) is 10.0 Å². The highest BCUT2D eigenvalue weighted by atomic mass is 35.5. The Labute approximate surface area is 121 Å². The molecule has 6 heteroatoms. The number of halogens is 2. The van der Waals surface area contributed by atoms with E-state index in [0.29, 0.717) is 16.3 Å². The first-order valence-corrected chi connectivity index (χ1v) is 7.82. The lowest BCUT2D eigenvalue weighted by Crippen LogP contribution is -2.06. The van der Waals surface area contributed by atoms with Crippen LogP contribution in [0.1, 0.15) is 5.56 Å². The number of anilines is 1. The van der Waals surface area contributed by atoms with Crippen LogP contribution in [0.3, 0.4) is 0 Å². The van der Waals surface area contributed by atoms with E-state index in [-0.39, 0.29) is 15.7 Å². The van der Waals surface area contributed by atoms with Gasteiger partial charge >= 0.3 is 0 Å². The zero-order valence-electron chi connectivity index (χ0n) is 9.81. The highest BCUT2D eigenvalue weighted by molar-refractivity contribution is 7.90. The average Bonchev–Trinajstić information content (AvgIpc) is 2.33. The minimum atomic E-state index is -3.54. The van der Waals surface area contributed by atoms with Gasteiger partial charge in [0, 0.05) is 10.7 Å². The summed E-state index contributed by atoms with van der Waals surface area (Å²) in [7, 11) is -3.54. The summed E-state index contributed by atoms with van der Waals surface area (Å²) in [6.07, 6.45) is 0. The van der Waals surface area contributed by atoms with Crippen molar-refractivity contribution in [2.45, 2.75) is 10.6 Å². The molecule has 0 heterocycles. The van der Waals surface area contributed by atoms with E-state index in [0.717, 1.165) is 0 Å². The first-order valence-electron chi connectivity index (χ1n) is 5.41. The first kappa shape index (κ1) is 14.2. The monoisotopic (exact) mass is 315 g/mol. The van der Waals surface area contributed by atoms with Gasteiger partial charge < -0.3 is 5.73 Å². The van der Waals surface area contributed by atoms with E-state index in [2.05, 4.69) is 0 Å². The average molecular weight is 316 g/mol. The van der Waals surface area contributed by atoms with Gasteiger partial charge in [-0.25, -0.2) is 8.42 Å². The molecule has 2 aromatic carbocycles. The molecule has 3 nitrogen and oxygen atoms in total. The lowest BCUT2D eigenvalue weighted by Gasteiger charge is -2.08. The highest BCUT2D eigenvalue weighted by Crippen LogP contribution is 2.27. The zero-order valence-corrected chi connectivity index (χ0v) is 12.1. The number of nitrogens with two attached hydrogens (primary N) is 1. The lowest BCUT2D eigenvalue weighted by molar-refractivity contribution is 0.595. The number of benzene rings is 2. The summed E-state index contributed by atoms with van der Waals surface area (Å²) in [5.41, 5.74) is 6.56. The Morgan fingerprint density at radius 3 is 2.32 bits per heavy atom. The van der Waals surface area contributed by atoms with E-state index in [1.807, 2.05) is 0 Å². The molecule has 0 atom stereocenters. The summed E-state index contributed by atoms with van der Waals surface area (Å²) in [4.78, 5) is 0.101. The summed E-state index contributed by atoms with van der Waals surface area (Å²) in [6.45, 7) is 0. The third-order valence-electron chi connectivity index (χ3n) is 2.59. The van der Waals surface area contributed by atoms with Gasteiger partial charge in [-0.05, 0) is 29.8 Å². The van der Waals surface area contributed by atoms with Crippen LogP contribution in [0.25, 0.3) is 0 Å². The molecule has 0 aliphatic carbocycles. The predicted molar refractivity (Wildman–Crippen MR) is 78.2 cm³/mol. The maximum absolute atomic E-state index is 12.3. The Kier molecular flexibility index (Phi) is 4.04. The number of rotatable bonds is 3. The van der Waals surface area contributed by atoms with Crippen molar-refractivity contribution in [1.29, 1.82) is 0 Å². The summed E-state index contributed by atoms with van der Waals surface area (Å²) >= 11 is 11.9. The first-order chi connectivity index (χ1) is 8.90. The Balaban J connectivity index is 2.40. The van der Waals surface area contributed by atoms with E-state index in [1.54, 1.807) is 30.3 Å². The maximum Gasteiger partial charge on any atom is 0.184 e. The van der Waals surface area contributed by atoms with Crippen LogP contribution in [0.5, 0.6) is 0 Å². The van der Waals surface area contributed by atoms with E-state index >= 15 is 0 Å². The van der Waals surface area contributed by atoms with Crippen molar-refractivity contribution in [1.82, 2.24) is 0 Å². The highest BCUT2D eigenvalue weighted by Gasteiger charge is 2.19. The van der Waals surface area contributed by atoms with Crippen LogP contribution in [-0.2, 0) is 15.6 Å². The molecule has 100 valence electrons. The molecular formula is C13H11Cl2NO2S. The molecule has 0 spiro atoms. The van der Waals surface area contributed by atoms with Crippen molar-refractivity contribution in [3.8, 4) is 0 Å². The van der Waals surface area contributed by atoms with Crippen molar-refractivity contribution in [3.63, 3.8) is 0 Å². The SMILES string of the molecule is Nc1ccc(CS(=O)(=O)c2ccccc2Cl)c(Cl)c1. The predicted octanol–water partition coefficient (Wildman–Crippen LogP) is 3.55. The lowest BCUT2D eigenvalue weighted by atomic mass is 10.2. The topological polar surface area (TPSA) is 60.2 Å². The van der Waals surface area contributed by atoms with E-state index in [9.17, 15) is 8.42 Å². The smallest absolute Gasteiger partial charge is 0.184 e. The Hall–Kier alpha value is -1.23. The van der Waals surface area contributed by atoms with E-state index in [4.69, 9.17) is 28.9 Å². The molecule has 0 bridgehead atoms. The molecule has 0 saturated heterocycles. The molecule has 2 aromatic rings. The molecule has 0 amide bonds. The molecule has 0 aliphatic rings. The molecular weight excluding hydrogens is 305 g/mol. The van der Waals surface area contributed by atoms with Gasteiger partial charge in [0.25, 0.3) is 0 Å². The summed E-state index contributed by atoms with van der Waals surface area (Å²) in [5, 5.41) is 0.532. The molecule has 2 rings (SSSR count). The second-order valence-electron chi connectivity index (χ2n) is 4.04. The van der Waals surface area contributed by atoms with Crippen molar-refractivity contribution in [2.75, 3.05) is 5.73 Å². The van der Waals surface area contributed by atoms with Crippen molar-refractivity contribution in [3.05, 3.63) is 58.1 Å². The van der Waals surface area contributed by atoms with Crippen molar-refractivity contribution in [2.24, 2.45) is 0 Å². The van der Waals surface area contributed by atoms with Gasteiger partial charge in [0.2, 0.25) is 0 Å². The van der Waals surface area contributed by atoms with Gasteiger partial charge in [0.1, 0.15) is 0 Å². The van der Waals surface area contributed by atoms with Gasteiger partial charge in [-0.1, -0.05) is 41.4 Å². The molecule has 0 saturated carbocycles. The molecule has 0 unspecified atom stereocenters. The number of hydrogen-bond acceptors (Lipinski definition) is 3. The van der Waals surface area contributed by atoms with Crippen molar-refractivity contribution >= 4 is 38.7 Å². The molecule has 0 fully saturated rings. The summed E-state index contributed by atoms with van der Waals surface area (Å²) < 4.78 is 24.6. The molecule has 0 aromatic heterocycles. The second kappa shape index (κ2) is 5.41. The standard InChI is InChI=1S/C13H11Cl2NO2S/c14-11-3-1-2-4-13(11)19(17,18)8-9-5-6-10(16)7-12(9)15/h1-7H,8,16H2. The summed E-state index contributed by atoms with van der Waals surface area (Å²) in [5.74, 6) is -0.212. The van der Waals surface area contributed by atoms with Crippen molar-refractivity contribution < 1.29 is 8.42 Å². The van der Waals surface area contributed by atoms with E-state index in [1.165, 1.54) is 12.1 Å². The van der Waals surface area contributed by atoms with Gasteiger partial charge in [0.15, 0.2) is 9.84 Å². The fourth-order valence-electron chi connectivity index (χ4n) is 1.66.